The van der Waals surface area contributed by atoms with Crippen LogP contribution in [0.1, 0.15) is 31.4 Å². The fourth-order valence-electron chi connectivity index (χ4n) is 1.99. The molecule has 0 bridgehead atoms. The van der Waals surface area contributed by atoms with Crippen molar-refractivity contribution in [1.29, 1.82) is 0 Å². The second-order valence-electron chi connectivity index (χ2n) is 4.09. The largest absolute Gasteiger partial charge is 0.493 e. The number of rotatable bonds is 2. The third kappa shape index (κ3) is 1.77. The van der Waals surface area contributed by atoms with Gasteiger partial charge in [0.1, 0.15) is 5.75 Å². The fraction of sp³-hybridized carbons (Fsp3) is 0.538. The Morgan fingerprint density at radius 3 is 2.93 bits per heavy atom. The van der Waals surface area contributed by atoms with Crippen LogP contribution in [0.3, 0.4) is 0 Å². The number of hydrogen-bond acceptors (Lipinski definition) is 1. The maximum Gasteiger partial charge on any atom is 0.122 e. The summed E-state index contributed by atoms with van der Waals surface area (Å²) in [6.45, 7) is 5.33. The minimum Gasteiger partial charge on any atom is -0.493 e. The Morgan fingerprint density at radius 2 is 2.21 bits per heavy atom. The summed E-state index contributed by atoms with van der Waals surface area (Å²) in [6, 6.07) is 6.60. The minimum absolute atomic E-state index is 0.717. The number of benzene rings is 1. The first kappa shape index (κ1) is 9.57. The first-order chi connectivity index (χ1) is 6.83. The monoisotopic (exact) mass is 190 g/mol. The lowest BCUT2D eigenvalue weighted by Gasteiger charge is -2.24. The van der Waals surface area contributed by atoms with Crippen molar-refractivity contribution in [3.05, 3.63) is 29.3 Å². The number of fused-ring (bicyclic) bond motifs is 1. The second kappa shape index (κ2) is 4.04. The van der Waals surface area contributed by atoms with E-state index in [-0.39, 0.29) is 0 Å². The standard InChI is InChI=1S/C13H18O/c1-3-10-5-6-13-12(7-10)8-11(4-2)9-14-13/h5-7,11H,3-4,8-9H2,1-2H3. The highest BCUT2D eigenvalue weighted by Gasteiger charge is 2.18. The van der Waals surface area contributed by atoms with E-state index in [0.29, 0.717) is 0 Å². The van der Waals surface area contributed by atoms with Crippen LogP contribution in [0.15, 0.2) is 18.2 Å². The lowest BCUT2D eigenvalue weighted by molar-refractivity contribution is 0.218. The summed E-state index contributed by atoms with van der Waals surface area (Å²) in [5.41, 5.74) is 2.83. The summed E-state index contributed by atoms with van der Waals surface area (Å²) in [5.74, 6) is 1.82. The van der Waals surface area contributed by atoms with Crippen LogP contribution >= 0.6 is 0 Å². The maximum absolute atomic E-state index is 5.73. The molecule has 1 heteroatoms. The molecule has 0 N–H and O–H groups in total. The Balaban J connectivity index is 2.25. The summed E-state index contributed by atoms with van der Waals surface area (Å²) in [6.07, 6.45) is 3.53. The van der Waals surface area contributed by atoms with Crippen LogP contribution in [0.4, 0.5) is 0 Å². The average molecular weight is 190 g/mol. The molecule has 1 aromatic rings. The molecule has 2 rings (SSSR count). The van der Waals surface area contributed by atoms with Crippen molar-refractivity contribution in [3.63, 3.8) is 0 Å². The number of hydrogen-bond donors (Lipinski definition) is 0. The van der Waals surface area contributed by atoms with Crippen LogP contribution in [0.25, 0.3) is 0 Å². The lowest BCUT2D eigenvalue weighted by atomic mass is 9.93. The van der Waals surface area contributed by atoms with Crippen LogP contribution in [-0.2, 0) is 12.8 Å². The summed E-state index contributed by atoms with van der Waals surface area (Å²) < 4.78 is 5.73. The predicted molar refractivity (Wildman–Crippen MR) is 58.8 cm³/mol. The van der Waals surface area contributed by atoms with Gasteiger partial charge < -0.3 is 4.74 Å². The molecule has 0 amide bonds. The zero-order valence-electron chi connectivity index (χ0n) is 9.05. The third-order valence-electron chi connectivity index (χ3n) is 3.09. The van der Waals surface area contributed by atoms with E-state index < -0.39 is 0 Å². The lowest BCUT2D eigenvalue weighted by Crippen LogP contribution is -2.20. The molecule has 0 aromatic heterocycles. The molecular weight excluding hydrogens is 172 g/mol. The second-order valence-corrected chi connectivity index (χ2v) is 4.09. The van der Waals surface area contributed by atoms with Gasteiger partial charge in [0.25, 0.3) is 0 Å². The van der Waals surface area contributed by atoms with Gasteiger partial charge in [-0.1, -0.05) is 26.0 Å². The van der Waals surface area contributed by atoms with Gasteiger partial charge in [-0.15, -0.1) is 0 Å². The summed E-state index contributed by atoms with van der Waals surface area (Å²) >= 11 is 0. The molecule has 0 fully saturated rings. The van der Waals surface area contributed by atoms with Gasteiger partial charge in [0.2, 0.25) is 0 Å². The van der Waals surface area contributed by atoms with Gasteiger partial charge >= 0.3 is 0 Å². The SMILES string of the molecule is CCc1ccc2c(c1)CC(CC)CO2. The van der Waals surface area contributed by atoms with Crippen molar-refractivity contribution < 1.29 is 4.74 Å². The van der Waals surface area contributed by atoms with Crippen molar-refractivity contribution in [2.45, 2.75) is 33.1 Å². The van der Waals surface area contributed by atoms with Crippen molar-refractivity contribution >= 4 is 0 Å². The Hall–Kier alpha value is -0.980. The molecule has 0 spiro atoms. The molecule has 1 aromatic carbocycles. The molecule has 1 aliphatic rings. The number of ether oxygens (including phenoxy) is 1. The van der Waals surface area contributed by atoms with Gasteiger partial charge in [0.05, 0.1) is 6.61 Å². The molecule has 0 radical (unpaired) electrons. The quantitative estimate of drug-likeness (QED) is 0.695. The zero-order chi connectivity index (χ0) is 9.97. The van der Waals surface area contributed by atoms with Crippen LogP contribution in [0, 0.1) is 5.92 Å². The fourth-order valence-corrected chi connectivity index (χ4v) is 1.99. The molecule has 0 saturated heterocycles. The van der Waals surface area contributed by atoms with Gasteiger partial charge in [0, 0.05) is 0 Å². The molecular formula is C13H18O. The van der Waals surface area contributed by atoms with Gasteiger partial charge in [-0.05, 0) is 42.4 Å². The Morgan fingerprint density at radius 1 is 1.36 bits per heavy atom. The highest BCUT2D eigenvalue weighted by molar-refractivity contribution is 5.38. The maximum atomic E-state index is 5.73. The smallest absolute Gasteiger partial charge is 0.122 e. The van der Waals surface area contributed by atoms with Gasteiger partial charge in [0.15, 0.2) is 0 Å². The van der Waals surface area contributed by atoms with E-state index in [1.165, 1.54) is 24.0 Å². The first-order valence-corrected chi connectivity index (χ1v) is 5.58. The average Bonchev–Trinajstić information content (AvgIpc) is 2.27. The van der Waals surface area contributed by atoms with Crippen molar-refractivity contribution in [2.24, 2.45) is 5.92 Å². The van der Waals surface area contributed by atoms with Gasteiger partial charge in [-0.2, -0.15) is 0 Å². The van der Waals surface area contributed by atoms with E-state index in [2.05, 4.69) is 32.0 Å². The molecule has 0 aliphatic carbocycles. The van der Waals surface area contributed by atoms with E-state index in [9.17, 15) is 0 Å². The highest BCUT2D eigenvalue weighted by Crippen LogP contribution is 2.29. The van der Waals surface area contributed by atoms with E-state index in [0.717, 1.165) is 24.7 Å². The van der Waals surface area contributed by atoms with E-state index in [4.69, 9.17) is 4.74 Å². The first-order valence-electron chi connectivity index (χ1n) is 5.58. The van der Waals surface area contributed by atoms with Crippen molar-refractivity contribution in [1.82, 2.24) is 0 Å². The molecule has 0 saturated carbocycles. The molecule has 1 atom stereocenters. The van der Waals surface area contributed by atoms with Crippen molar-refractivity contribution in [2.75, 3.05) is 6.61 Å². The molecule has 1 nitrogen and oxygen atoms in total. The topological polar surface area (TPSA) is 9.23 Å². The summed E-state index contributed by atoms with van der Waals surface area (Å²) in [4.78, 5) is 0. The Kier molecular flexibility index (Phi) is 2.76. The Labute approximate surface area is 86.1 Å². The van der Waals surface area contributed by atoms with Crippen LogP contribution in [0.5, 0.6) is 5.75 Å². The number of aryl methyl sites for hydroxylation is 1. The highest BCUT2D eigenvalue weighted by atomic mass is 16.5. The zero-order valence-corrected chi connectivity index (χ0v) is 9.05. The molecule has 1 aliphatic heterocycles. The molecule has 1 unspecified atom stereocenters. The third-order valence-corrected chi connectivity index (χ3v) is 3.09. The molecule has 14 heavy (non-hydrogen) atoms. The van der Waals surface area contributed by atoms with Crippen LogP contribution in [-0.4, -0.2) is 6.61 Å². The predicted octanol–water partition coefficient (Wildman–Crippen LogP) is 3.21. The summed E-state index contributed by atoms with van der Waals surface area (Å²) in [7, 11) is 0. The summed E-state index contributed by atoms with van der Waals surface area (Å²) in [5, 5.41) is 0. The molecule has 1 heterocycles. The Bertz CT molecular complexity index is 317. The van der Waals surface area contributed by atoms with Gasteiger partial charge in [-0.25, -0.2) is 0 Å². The van der Waals surface area contributed by atoms with Gasteiger partial charge in [-0.3, -0.25) is 0 Å². The van der Waals surface area contributed by atoms with E-state index in [1.807, 2.05) is 0 Å². The van der Waals surface area contributed by atoms with Crippen molar-refractivity contribution in [3.8, 4) is 5.75 Å². The minimum atomic E-state index is 0.717. The van der Waals surface area contributed by atoms with Crippen LogP contribution in [0.2, 0.25) is 0 Å². The van der Waals surface area contributed by atoms with E-state index >= 15 is 0 Å². The molecule has 76 valence electrons. The van der Waals surface area contributed by atoms with E-state index in [1.54, 1.807) is 0 Å². The van der Waals surface area contributed by atoms with Crippen LogP contribution < -0.4 is 4.74 Å². The normalized spacial score (nSPS) is 20.0.